The van der Waals surface area contributed by atoms with Crippen LogP contribution in [0, 0.1) is 5.92 Å². The number of esters is 3. The largest absolute Gasteiger partial charge is 0.457 e. The van der Waals surface area contributed by atoms with E-state index >= 15 is 0 Å². The van der Waals surface area contributed by atoms with Crippen LogP contribution in [0.15, 0.2) is 78.9 Å². The predicted octanol–water partition coefficient (Wildman–Crippen LogP) is 7.06. The van der Waals surface area contributed by atoms with Gasteiger partial charge in [0, 0.05) is 16.7 Å². The molecule has 0 aliphatic heterocycles. The number of ether oxygens (including phenoxy) is 3. The smallest absolute Gasteiger partial charge is 0.333 e. The van der Waals surface area contributed by atoms with Crippen LogP contribution in [-0.4, -0.2) is 17.9 Å². The fraction of sp³-hybridized carbons (Fsp3) is 0.382. The Morgan fingerprint density at radius 2 is 1.12 bits per heavy atom. The van der Waals surface area contributed by atoms with Gasteiger partial charge in [0.2, 0.25) is 0 Å². The van der Waals surface area contributed by atoms with Crippen LogP contribution in [-0.2, 0) is 54.8 Å². The van der Waals surface area contributed by atoms with Gasteiger partial charge in [0.1, 0.15) is 19.8 Å². The van der Waals surface area contributed by atoms with Gasteiger partial charge in [0.05, 0.1) is 0 Å². The third-order valence-corrected chi connectivity index (χ3v) is 7.23. The van der Waals surface area contributed by atoms with Gasteiger partial charge in [-0.1, -0.05) is 62.2 Å². The fourth-order valence-electron chi connectivity index (χ4n) is 4.78. The number of benzene rings is 2. The highest BCUT2D eigenvalue weighted by Gasteiger charge is 2.24. The maximum absolute atomic E-state index is 12.0. The van der Waals surface area contributed by atoms with Gasteiger partial charge in [0.15, 0.2) is 0 Å². The lowest BCUT2D eigenvalue weighted by Gasteiger charge is -2.29. The van der Waals surface area contributed by atoms with E-state index in [0.29, 0.717) is 28.6 Å². The van der Waals surface area contributed by atoms with E-state index in [2.05, 4.69) is 44.0 Å². The van der Waals surface area contributed by atoms with Crippen LogP contribution in [0.5, 0.6) is 0 Å². The SMILES string of the molecule is C=C(C)C(=O)OCc1ccc(CC2CCC(c3ccc(COC(=O)C(=C)C)c(COC(=O)C(=C)C)c3)CC2)cc1. The standard InChI is InChI=1S/C34H40O6/c1-22(2)32(35)38-19-27-9-7-25(8-10-27)17-26-11-13-28(14-12-26)29-15-16-30(20-39-33(36)23(3)4)31(18-29)21-40-34(37)24(5)6/h7-10,15-16,18,26,28H,1,3,5,11-14,17,19-21H2,2,4,6H3. The van der Waals surface area contributed by atoms with Gasteiger partial charge in [-0.3, -0.25) is 0 Å². The van der Waals surface area contributed by atoms with Crippen molar-refractivity contribution in [3.8, 4) is 0 Å². The molecule has 6 nitrogen and oxygen atoms in total. The molecule has 2 aromatic carbocycles. The first-order chi connectivity index (χ1) is 19.0. The van der Waals surface area contributed by atoms with Crippen LogP contribution in [0.4, 0.5) is 0 Å². The summed E-state index contributed by atoms with van der Waals surface area (Å²) in [6, 6.07) is 14.4. The molecule has 0 atom stereocenters. The van der Waals surface area contributed by atoms with E-state index in [1.807, 2.05) is 18.2 Å². The average Bonchev–Trinajstić information content (AvgIpc) is 2.94. The number of carbonyl (C=O) groups excluding carboxylic acids is 3. The Hall–Kier alpha value is -3.93. The Kier molecular flexibility index (Phi) is 11.1. The van der Waals surface area contributed by atoms with Crippen LogP contribution < -0.4 is 0 Å². The lowest BCUT2D eigenvalue weighted by atomic mass is 9.76. The van der Waals surface area contributed by atoms with Crippen molar-refractivity contribution in [1.82, 2.24) is 0 Å². The number of hydrogen-bond donors (Lipinski definition) is 0. The molecular formula is C34H40O6. The van der Waals surface area contributed by atoms with Crippen molar-refractivity contribution < 1.29 is 28.6 Å². The Balaban J connectivity index is 1.59. The molecular weight excluding hydrogens is 504 g/mol. The zero-order valence-corrected chi connectivity index (χ0v) is 23.9. The molecule has 0 unspecified atom stereocenters. The molecule has 1 saturated carbocycles. The molecule has 0 bridgehead atoms. The molecule has 0 radical (unpaired) electrons. The molecule has 0 heterocycles. The molecule has 1 aliphatic carbocycles. The first kappa shape index (κ1) is 30.6. The van der Waals surface area contributed by atoms with Crippen LogP contribution >= 0.6 is 0 Å². The van der Waals surface area contributed by atoms with E-state index < -0.39 is 11.9 Å². The predicted molar refractivity (Wildman–Crippen MR) is 155 cm³/mol. The summed E-state index contributed by atoms with van der Waals surface area (Å²) in [5.41, 5.74) is 6.17. The van der Waals surface area contributed by atoms with Crippen molar-refractivity contribution in [3.05, 3.63) is 107 Å². The average molecular weight is 545 g/mol. The summed E-state index contributed by atoms with van der Waals surface area (Å²) in [5.74, 6) is -0.240. The summed E-state index contributed by atoms with van der Waals surface area (Å²) in [6.45, 7) is 16.2. The highest BCUT2D eigenvalue weighted by atomic mass is 16.5. The van der Waals surface area contributed by atoms with Crippen molar-refractivity contribution in [3.63, 3.8) is 0 Å². The molecule has 0 spiro atoms. The Morgan fingerprint density at radius 1 is 0.650 bits per heavy atom. The van der Waals surface area contributed by atoms with Crippen molar-refractivity contribution in [2.45, 2.75) is 78.6 Å². The maximum Gasteiger partial charge on any atom is 0.333 e. The minimum atomic E-state index is -0.451. The Morgan fingerprint density at radius 3 is 1.65 bits per heavy atom. The second kappa shape index (κ2) is 14.5. The van der Waals surface area contributed by atoms with E-state index in [4.69, 9.17) is 14.2 Å². The number of rotatable bonds is 12. The minimum Gasteiger partial charge on any atom is -0.457 e. The monoisotopic (exact) mass is 544 g/mol. The number of hydrogen-bond acceptors (Lipinski definition) is 6. The van der Waals surface area contributed by atoms with E-state index in [-0.39, 0.29) is 25.8 Å². The summed E-state index contributed by atoms with van der Waals surface area (Å²) in [6.07, 6.45) is 5.43. The summed E-state index contributed by atoms with van der Waals surface area (Å²) in [7, 11) is 0. The summed E-state index contributed by atoms with van der Waals surface area (Å²) >= 11 is 0. The van der Waals surface area contributed by atoms with Gasteiger partial charge in [-0.15, -0.1) is 0 Å². The van der Waals surface area contributed by atoms with Gasteiger partial charge >= 0.3 is 17.9 Å². The Bertz CT molecular complexity index is 1260. The van der Waals surface area contributed by atoms with Crippen molar-refractivity contribution in [1.29, 1.82) is 0 Å². The van der Waals surface area contributed by atoms with Gasteiger partial charge in [-0.2, -0.15) is 0 Å². The molecule has 2 aromatic rings. The molecule has 40 heavy (non-hydrogen) atoms. The van der Waals surface area contributed by atoms with Crippen molar-refractivity contribution in [2.75, 3.05) is 0 Å². The molecule has 6 heteroatoms. The first-order valence-corrected chi connectivity index (χ1v) is 13.7. The topological polar surface area (TPSA) is 78.9 Å². The quantitative estimate of drug-likeness (QED) is 0.162. The van der Waals surface area contributed by atoms with Crippen LogP contribution in [0.2, 0.25) is 0 Å². The number of carbonyl (C=O) groups is 3. The van der Waals surface area contributed by atoms with Crippen LogP contribution in [0.1, 0.15) is 80.2 Å². The Labute approximate surface area is 237 Å². The van der Waals surface area contributed by atoms with Gasteiger partial charge < -0.3 is 14.2 Å². The first-order valence-electron chi connectivity index (χ1n) is 13.7. The van der Waals surface area contributed by atoms with E-state index in [0.717, 1.165) is 48.8 Å². The molecule has 0 aromatic heterocycles. The van der Waals surface area contributed by atoms with Gasteiger partial charge in [-0.05, 0) is 92.5 Å². The van der Waals surface area contributed by atoms with Crippen molar-refractivity contribution in [2.24, 2.45) is 5.92 Å². The summed E-state index contributed by atoms with van der Waals surface area (Å²) < 4.78 is 16.0. The van der Waals surface area contributed by atoms with Crippen molar-refractivity contribution >= 4 is 17.9 Å². The molecule has 0 saturated heterocycles. The third-order valence-electron chi connectivity index (χ3n) is 7.23. The molecule has 1 fully saturated rings. The zero-order valence-electron chi connectivity index (χ0n) is 23.9. The summed E-state index contributed by atoms with van der Waals surface area (Å²) in [5, 5.41) is 0. The van der Waals surface area contributed by atoms with Gasteiger partial charge in [0.25, 0.3) is 0 Å². The third kappa shape index (κ3) is 9.08. The molecule has 212 valence electrons. The lowest BCUT2D eigenvalue weighted by Crippen LogP contribution is -2.16. The normalized spacial score (nSPS) is 16.5. The zero-order chi connectivity index (χ0) is 29.2. The van der Waals surface area contributed by atoms with Gasteiger partial charge in [-0.25, -0.2) is 14.4 Å². The molecule has 0 N–H and O–H groups in total. The maximum atomic E-state index is 12.0. The second-order valence-electron chi connectivity index (χ2n) is 10.8. The summed E-state index contributed by atoms with van der Waals surface area (Å²) in [4.78, 5) is 35.5. The lowest BCUT2D eigenvalue weighted by molar-refractivity contribution is -0.141. The van der Waals surface area contributed by atoms with E-state index in [1.165, 1.54) is 11.1 Å². The fourth-order valence-corrected chi connectivity index (χ4v) is 4.78. The highest BCUT2D eigenvalue weighted by molar-refractivity contribution is 5.87. The minimum absolute atomic E-state index is 0.0911. The van der Waals surface area contributed by atoms with Crippen LogP contribution in [0.25, 0.3) is 0 Å². The molecule has 3 rings (SSSR count). The molecule has 1 aliphatic rings. The van der Waals surface area contributed by atoms with E-state index in [9.17, 15) is 14.4 Å². The molecule has 0 amide bonds. The van der Waals surface area contributed by atoms with E-state index in [1.54, 1.807) is 20.8 Å². The highest BCUT2D eigenvalue weighted by Crippen LogP contribution is 2.38. The second-order valence-corrected chi connectivity index (χ2v) is 10.8. The van der Waals surface area contributed by atoms with Crippen LogP contribution in [0.3, 0.4) is 0 Å².